The molecule has 1 N–H and O–H groups in total. The molecule has 1 unspecified atom stereocenters. The summed E-state index contributed by atoms with van der Waals surface area (Å²) in [5, 5.41) is 4.07. The number of likely N-dealkylation sites (tertiary alicyclic amines) is 1. The highest BCUT2D eigenvalue weighted by molar-refractivity contribution is 6.39. The largest absolute Gasteiger partial charge is 0.334 e. The van der Waals surface area contributed by atoms with Gasteiger partial charge in [0.1, 0.15) is 5.82 Å². The maximum Gasteiger partial charge on any atom is 0.313 e. The van der Waals surface area contributed by atoms with Gasteiger partial charge in [-0.05, 0) is 84.7 Å². The Hall–Kier alpha value is -2.99. The summed E-state index contributed by atoms with van der Waals surface area (Å²) < 4.78 is 13.8. The summed E-state index contributed by atoms with van der Waals surface area (Å²) in [7, 11) is 0. The first-order valence-corrected chi connectivity index (χ1v) is 10.8. The lowest BCUT2D eigenvalue weighted by Crippen LogP contribution is -2.38. The number of carbonyl (C=O) groups is 2. The molecule has 1 saturated carbocycles. The molecule has 7 heteroatoms. The van der Waals surface area contributed by atoms with Gasteiger partial charge in [0.15, 0.2) is 0 Å². The lowest BCUT2D eigenvalue weighted by atomic mass is 9.93. The molecule has 0 radical (unpaired) electrons. The molecular formula is C24H21ClFN3O2. The molecule has 1 aliphatic heterocycles. The lowest BCUT2D eigenvalue weighted by molar-refractivity contribution is -0.142. The van der Waals surface area contributed by atoms with Crippen LogP contribution < -0.4 is 5.32 Å². The Balaban J connectivity index is 1.25. The molecule has 2 fully saturated rings. The molecule has 0 bridgehead atoms. The number of carbonyl (C=O) groups excluding carboxylic acids is 2. The minimum absolute atomic E-state index is 0.261. The fourth-order valence-corrected chi connectivity index (χ4v) is 5.20. The number of hydrogen-bond donors (Lipinski definition) is 1. The molecule has 5 nitrogen and oxygen atoms in total. The predicted octanol–water partition coefficient (Wildman–Crippen LogP) is 4.62. The maximum atomic E-state index is 13.8. The van der Waals surface area contributed by atoms with Crippen LogP contribution in [0.15, 0.2) is 54.7 Å². The molecule has 31 heavy (non-hydrogen) atoms. The first kappa shape index (κ1) is 19.9. The summed E-state index contributed by atoms with van der Waals surface area (Å²) in [4.78, 5) is 31.0. The summed E-state index contributed by atoms with van der Waals surface area (Å²) in [6.45, 7) is 1.15. The van der Waals surface area contributed by atoms with Gasteiger partial charge in [-0.1, -0.05) is 11.6 Å². The SMILES string of the molecule is O=C(Nc1ccc(Cl)cc1)C(=O)N1C[C@H]2CC(c3ccnc4ccc(F)cc34)C[C@H]2C1. The van der Waals surface area contributed by atoms with E-state index in [1.165, 1.54) is 6.07 Å². The summed E-state index contributed by atoms with van der Waals surface area (Å²) >= 11 is 5.85. The smallest absolute Gasteiger partial charge is 0.313 e. The summed E-state index contributed by atoms with van der Waals surface area (Å²) in [5.41, 5.74) is 2.46. The molecular weight excluding hydrogens is 417 g/mol. The van der Waals surface area contributed by atoms with Gasteiger partial charge in [-0.15, -0.1) is 0 Å². The Morgan fingerprint density at radius 3 is 2.45 bits per heavy atom. The molecule has 2 aromatic carbocycles. The standard InChI is InChI=1S/C24H21ClFN3O2/c25-17-1-4-19(5-2-17)28-23(30)24(31)29-12-15-9-14(10-16(15)13-29)20-7-8-27-22-6-3-18(26)11-21(20)22/h1-8,11,14-16H,9-10,12-13H2,(H,28,30)/t14?,15-,16+. The van der Waals surface area contributed by atoms with Crippen molar-refractivity contribution in [3.8, 4) is 0 Å². The molecule has 2 aliphatic rings. The van der Waals surface area contributed by atoms with Gasteiger partial charge in [-0.25, -0.2) is 4.39 Å². The Kier molecular flexibility index (Phi) is 5.10. The van der Waals surface area contributed by atoms with Crippen LogP contribution in [0, 0.1) is 17.7 Å². The van der Waals surface area contributed by atoms with Crippen LogP contribution in [-0.4, -0.2) is 34.8 Å². The van der Waals surface area contributed by atoms with Crippen molar-refractivity contribution in [2.24, 2.45) is 11.8 Å². The third-order valence-corrected chi connectivity index (χ3v) is 6.76. The Bertz CT molecular complexity index is 1150. The molecule has 0 spiro atoms. The number of hydrogen-bond acceptors (Lipinski definition) is 3. The zero-order valence-corrected chi connectivity index (χ0v) is 17.5. The second-order valence-electron chi connectivity index (χ2n) is 8.42. The van der Waals surface area contributed by atoms with Crippen LogP contribution in [0.1, 0.15) is 24.3 Å². The maximum absolute atomic E-state index is 13.8. The van der Waals surface area contributed by atoms with E-state index in [2.05, 4.69) is 10.3 Å². The molecule has 1 saturated heterocycles. The van der Waals surface area contributed by atoms with Crippen molar-refractivity contribution in [1.82, 2.24) is 9.88 Å². The van der Waals surface area contributed by atoms with Gasteiger partial charge in [0.2, 0.25) is 0 Å². The molecule has 2 heterocycles. The third-order valence-electron chi connectivity index (χ3n) is 6.51. The number of anilines is 1. The molecule has 158 valence electrons. The summed E-state index contributed by atoms with van der Waals surface area (Å²) in [6, 6.07) is 13.3. The second kappa shape index (κ2) is 7.93. The van der Waals surface area contributed by atoms with E-state index in [1.54, 1.807) is 47.5 Å². The molecule has 3 aromatic rings. The van der Waals surface area contributed by atoms with Crippen LogP contribution in [-0.2, 0) is 9.59 Å². The van der Waals surface area contributed by atoms with E-state index in [0.717, 1.165) is 29.3 Å². The highest BCUT2D eigenvalue weighted by Gasteiger charge is 2.44. The zero-order chi connectivity index (χ0) is 21.5. The van der Waals surface area contributed by atoms with Gasteiger partial charge < -0.3 is 10.2 Å². The molecule has 1 aromatic heterocycles. The van der Waals surface area contributed by atoms with Crippen LogP contribution in [0.5, 0.6) is 0 Å². The topological polar surface area (TPSA) is 62.3 Å². The monoisotopic (exact) mass is 437 g/mol. The number of halogens is 2. The summed E-state index contributed by atoms with van der Waals surface area (Å²) in [6.07, 6.45) is 3.62. The van der Waals surface area contributed by atoms with Crippen LogP contribution >= 0.6 is 11.6 Å². The minimum Gasteiger partial charge on any atom is -0.334 e. The van der Waals surface area contributed by atoms with Crippen molar-refractivity contribution in [3.63, 3.8) is 0 Å². The van der Waals surface area contributed by atoms with E-state index in [4.69, 9.17) is 11.6 Å². The van der Waals surface area contributed by atoms with Gasteiger partial charge in [0.05, 0.1) is 5.52 Å². The highest BCUT2D eigenvalue weighted by atomic mass is 35.5. The minimum atomic E-state index is -0.630. The quantitative estimate of drug-likeness (QED) is 0.595. The number of aromatic nitrogens is 1. The van der Waals surface area contributed by atoms with E-state index in [9.17, 15) is 14.0 Å². The number of nitrogens with one attached hydrogen (secondary N) is 1. The fourth-order valence-electron chi connectivity index (χ4n) is 5.08. The number of fused-ring (bicyclic) bond motifs is 2. The number of benzene rings is 2. The van der Waals surface area contributed by atoms with Gasteiger partial charge in [0, 0.05) is 35.4 Å². The van der Waals surface area contributed by atoms with Crippen molar-refractivity contribution in [1.29, 1.82) is 0 Å². The van der Waals surface area contributed by atoms with Gasteiger partial charge in [-0.3, -0.25) is 14.6 Å². The number of nitrogens with zero attached hydrogens (tertiary/aromatic N) is 2. The van der Waals surface area contributed by atoms with Gasteiger partial charge in [0.25, 0.3) is 0 Å². The van der Waals surface area contributed by atoms with Crippen LogP contribution in [0.25, 0.3) is 10.9 Å². The highest BCUT2D eigenvalue weighted by Crippen LogP contribution is 2.47. The second-order valence-corrected chi connectivity index (χ2v) is 8.86. The number of pyridine rings is 1. The van der Waals surface area contributed by atoms with E-state index >= 15 is 0 Å². The average Bonchev–Trinajstić information content (AvgIpc) is 3.33. The number of amides is 2. The Morgan fingerprint density at radius 1 is 1.03 bits per heavy atom. The van der Waals surface area contributed by atoms with Crippen LogP contribution in [0.2, 0.25) is 5.02 Å². The van der Waals surface area contributed by atoms with Crippen LogP contribution in [0.4, 0.5) is 10.1 Å². The van der Waals surface area contributed by atoms with Crippen molar-refractivity contribution in [2.75, 3.05) is 18.4 Å². The zero-order valence-electron chi connectivity index (χ0n) is 16.7. The average molecular weight is 438 g/mol. The first-order valence-electron chi connectivity index (χ1n) is 10.4. The van der Waals surface area contributed by atoms with Crippen molar-refractivity contribution in [2.45, 2.75) is 18.8 Å². The van der Waals surface area contributed by atoms with E-state index in [0.29, 0.717) is 41.6 Å². The fraction of sp³-hybridized carbons (Fsp3) is 0.292. The predicted molar refractivity (Wildman–Crippen MR) is 117 cm³/mol. The van der Waals surface area contributed by atoms with E-state index in [1.807, 2.05) is 6.07 Å². The summed E-state index contributed by atoms with van der Waals surface area (Å²) in [5.74, 6) is -0.402. The van der Waals surface area contributed by atoms with Gasteiger partial charge >= 0.3 is 11.8 Å². The molecule has 5 rings (SSSR count). The first-order chi connectivity index (χ1) is 15.0. The number of rotatable bonds is 2. The third kappa shape index (κ3) is 3.88. The van der Waals surface area contributed by atoms with E-state index in [-0.39, 0.29) is 5.82 Å². The molecule has 1 aliphatic carbocycles. The normalized spacial score (nSPS) is 22.5. The van der Waals surface area contributed by atoms with Gasteiger partial charge in [-0.2, -0.15) is 0 Å². The van der Waals surface area contributed by atoms with Crippen molar-refractivity contribution in [3.05, 3.63) is 71.1 Å². The van der Waals surface area contributed by atoms with E-state index < -0.39 is 11.8 Å². The lowest BCUT2D eigenvalue weighted by Gasteiger charge is -2.20. The molecule has 3 atom stereocenters. The Labute approximate surface area is 184 Å². The molecule has 2 amide bonds. The van der Waals surface area contributed by atoms with Crippen molar-refractivity contribution >= 4 is 40.0 Å². The Morgan fingerprint density at radius 2 is 1.74 bits per heavy atom. The van der Waals surface area contributed by atoms with Crippen LogP contribution in [0.3, 0.4) is 0 Å². The van der Waals surface area contributed by atoms with Crippen molar-refractivity contribution < 1.29 is 14.0 Å².